The lowest BCUT2D eigenvalue weighted by Crippen LogP contribution is -2.25. The summed E-state index contributed by atoms with van der Waals surface area (Å²) in [5, 5.41) is 0. The van der Waals surface area contributed by atoms with Crippen molar-refractivity contribution in [1.82, 2.24) is 0 Å². The molecule has 118 valence electrons. The van der Waals surface area contributed by atoms with Gasteiger partial charge in [0.2, 0.25) is 0 Å². The molecule has 0 radical (unpaired) electrons. The topological polar surface area (TPSA) is 26.3 Å². The summed E-state index contributed by atoms with van der Waals surface area (Å²) in [4.78, 5) is 12.3. The van der Waals surface area contributed by atoms with Crippen LogP contribution in [0.25, 0.3) is 0 Å². The fraction of sp³-hybridized carbons (Fsp3) is 0.632. The summed E-state index contributed by atoms with van der Waals surface area (Å²) >= 11 is 0. The number of Topliss-reactive ketones (excluding diaryl/α,β-unsaturated/α-hetero) is 1. The third-order valence-electron chi connectivity index (χ3n) is 3.92. The van der Waals surface area contributed by atoms with Crippen LogP contribution in [0.3, 0.4) is 0 Å². The van der Waals surface area contributed by atoms with Crippen molar-refractivity contribution in [2.45, 2.75) is 78.4 Å². The first kappa shape index (κ1) is 17.9. The lowest BCUT2D eigenvalue weighted by atomic mass is 10.0. The highest BCUT2D eigenvalue weighted by Gasteiger charge is 2.18. The van der Waals surface area contributed by atoms with Crippen molar-refractivity contribution in [3.8, 4) is 0 Å². The van der Waals surface area contributed by atoms with Crippen LogP contribution in [0.4, 0.5) is 0 Å². The van der Waals surface area contributed by atoms with Gasteiger partial charge in [-0.25, -0.2) is 0 Å². The molecule has 1 aromatic rings. The third-order valence-corrected chi connectivity index (χ3v) is 3.92. The normalized spacial score (nSPS) is 13.9. The zero-order chi connectivity index (χ0) is 15.7. The van der Waals surface area contributed by atoms with Gasteiger partial charge in [0.05, 0.1) is 6.10 Å². The molecule has 0 fully saturated rings. The van der Waals surface area contributed by atoms with Crippen LogP contribution in [0.1, 0.15) is 75.7 Å². The maximum Gasteiger partial charge on any atom is 0.191 e. The van der Waals surface area contributed by atoms with Gasteiger partial charge in [-0.3, -0.25) is 4.79 Å². The number of hydrogen-bond donors (Lipinski definition) is 0. The lowest BCUT2D eigenvalue weighted by molar-refractivity contribution is 0.00834. The van der Waals surface area contributed by atoms with Crippen LogP contribution < -0.4 is 0 Å². The molecule has 0 heterocycles. The zero-order valence-corrected chi connectivity index (χ0v) is 14.0. The fourth-order valence-corrected chi connectivity index (χ4v) is 2.48. The van der Waals surface area contributed by atoms with Crippen LogP contribution in [-0.2, 0) is 11.2 Å². The molecule has 1 aromatic carbocycles. The molecule has 0 aromatic heterocycles. The van der Waals surface area contributed by atoms with Crippen molar-refractivity contribution in [2.24, 2.45) is 0 Å². The zero-order valence-electron chi connectivity index (χ0n) is 14.0. The van der Waals surface area contributed by atoms with Gasteiger partial charge in [0, 0.05) is 5.56 Å². The molecule has 2 atom stereocenters. The number of unbranched alkanes of at least 4 members (excludes halogenated alkanes) is 3. The van der Waals surface area contributed by atoms with Crippen molar-refractivity contribution in [3.63, 3.8) is 0 Å². The summed E-state index contributed by atoms with van der Waals surface area (Å²) < 4.78 is 5.85. The van der Waals surface area contributed by atoms with E-state index in [1.165, 1.54) is 31.2 Å². The van der Waals surface area contributed by atoms with Crippen LogP contribution in [-0.4, -0.2) is 18.0 Å². The fourth-order valence-electron chi connectivity index (χ4n) is 2.48. The second-order valence-electron chi connectivity index (χ2n) is 5.85. The largest absolute Gasteiger partial charge is 0.367 e. The molecule has 0 aliphatic carbocycles. The van der Waals surface area contributed by atoms with E-state index < -0.39 is 0 Å². The predicted octanol–water partition coefficient (Wildman–Crippen LogP) is 5.20. The highest BCUT2D eigenvalue weighted by Crippen LogP contribution is 2.14. The summed E-state index contributed by atoms with van der Waals surface area (Å²) in [7, 11) is 0. The van der Waals surface area contributed by atoms with E-state index in [1.54, 1.807) is 0 Å². The smallest absolute Gasteiger partial charge is 0.191 e. The first-order valence-corrected chi connectivity index (χ1v) is 8.37. The Morgan fingerprint density at radius 2 is 1.71 bits per heavy atom. The molecule has 2 heteroatoms. The minimum atomic E-state index is -0.362. The Labute approximate surface area is 129 Å². The van der Waals surface area contributed by atoms with Crippen molar-refractivity contribution < 1.29 is 9.53 Å². The number of rotatable bonds is 10. The Kier molecular flexibility index (Phi) is 8.29. The van der Waals surface area contributed by atoms with Crippen LogP contribution >= 0.6 is 0 Å². The Hall–Kier alpha value is -1.15. The molecule has 0 aliphatic rings. The van der Waals surface area contributed by atoms with Gasteiger partial charge in [-0.15, -0.1) is 0 Å². The van der Waals surface area contributed by atoms with Gasteiger partial charge < -0.3 is 4.74 Å². The number of ketones is 1. The molecule has 2 nitrogen and oxygen atoms in total. The molecule has 1 rings (SSSR count). The minimum Gasteiger partial charge on any atom is -0.367 e. The quantitative estimate of drug-likeness (QED) is 0.437. The molecule has 0 aliphatic heterocycles. The first-order valence-electron chi connectivity index (χ1n) is 8.37. The molecule has 0 bridgehead atoms. The Morgan fingerprint density at radius 3 is 2.29 bits per heavy atom. The average Bonchev–Trinajstić information content (AvgIpc) is 2.51. The highest BCUT2D eigenvalue weighted by molar-refractivity contribution is 5.99. The second kappa shape index (κ2) is 9.73. The molecule has 0 N–H and O–H groups in total. The van der Waals surface area contributed by atoms with Crippen molar-refractivity contribution in [2.75, 3.05) is 0 Å². The Balaban J connectivity index is 2.42. The van der Waals surface area contributed by atoms with Gasteiger partial charge in [0.25, 0.3) is 0 Å². The SMILES string of the molecule is CCCCCCC(C)OC(C)C(=O)c1ccc(CC)cc1. The number of carbonyl (C=O) groups is 1. The summed E-state index contributed by atoms with van der Waals surface area (Å²) in [5.74, 6) is 0.0815. The van der Waals surface area contributed by atoms with E-state index in [4.69, 9.17) is 4.74 Å². The van der Waals surface area contributed by atoms with Gasteiger partial charge in [0.1, 0.15) is 6.10 Å². The monoisotopic (exact) mass is 290 g/mol. The minimum absolute atomic E-state index is 0.0815. The number of ether oxygens (including phenoxy) is 1. The first-order chi connectivity index (χ1) is 10.1. The molecule has 0 spiro atoms. The van der Waals surface area contributed by atoms with Crippen LogP contribution in [0.5, 0.6) is 0 Å². The number of carbonyl (C=O) groups excluding carboxylic acids is 1. The summed E-state index contributed by atoms with van der Waals surface area (Å²) in [6.45, 7) is 8.25. The Morgan fingerprint density at radius 1 is 1.05 bits per heavy atom. The second-order valence-corrected chi connectivity index (χ2v) is 5.85. The van der Waals surface area contributed by atoms with E-state index in [1.807, 2.05) is 31.2 Å². The van der Waals surface area contributed by atoms with Gasteiger partial charge in [-0.1, -0.05) is 63.8 Å². The third kappa shape index (κ3) is 6.43. The van der Waals surface area contributed by atoms with Gasteiger partial charge in [-0.2, -0.15) is 0 Å². The van der Waals surface area contributed by atoms with E-state index in [9.17, 15) is 4.79 Å². The van der Waals surface area contributed by atoms with Crippen LogP contribution in [0.15, 0.2) is 24.3 Å². The molecule has 0 saturated heterocycles. The molecule has 21 heavy (non-hydrogen) atoms. The van der Waals surface area contributed by atoms with Gasteiger partial charge in [-0.05, 0) is 32.3 Å². The maximum atomic E-state index is 12.3. The van der Waals surface area contributed by atoms with Gasteiger partial charge in [0.15, 0.2) is 5.78 Å². The Bertz CT molecular complexity index is 408. The van der Waals surface area contributed by atoms with Crippen LogP contribution in [0, 0.1) is 0 Å². The average molecular weight is 290 g/mol. The summed E-state index contributed by atoms with van der Waals surface area (Å²) in [6, 6.07) is 7.86. The van der Waals surface area contributed by atoms with E-state index in [-0.39, 0.29) is 18.0 Å². The molecule has 0 amide bonds. The molecule has 2 unspecified atom stereocenters. The molecular formula is C19H30O2. The van der Waals surface area contributed by atoms with Crippen molar-refractivity contribution in [3.05, 3.63) is 35.4 Å². The number of benzene rings is 1. The van der Waals surface area contributed by atoms with E-state index >= 15 is 0 Å². The van der Waals surface area contributed by atoms with E-state index in [0.717, 1.165) is 18.4 Å². The van der Waals surface area contributed by atoms with Crippen molar-refractivity contribution >= 4 is 5.78 Å². The standard InChI is InChI=1S/C19H30O2/c1-5-7-8-9-10-15(3)21-16(4)19(20)18-13-11-17(6-2)12-14-18/h11-16H,5-10H2,1-4H3. The molecular weight excluding hydrogens is 260 g/mol. The van der Waals surface area contributed by atoms with Crippen LogP contribution in [0.2, 0.25) is 0 Å². The maximum absolute atomic E-state index is 12.3. The predicted molar refractivity (Wildman–Crippen MR) is 88.9 cm³/mol. The summed E-state index contributed by atoms with van der Waals surface area (Å²) in [6.07, 6.45) is 6.78. The lowest BCUT2D eigenvalue weighted by Gasteiger charge is -2.18. The number of hydrogen-bond acceptors (Lipinski definition) is 2. The van der Waals surface area contributed by atoms with Gasteiger partial charge >= 0.3 is 0 Å². The number of aryl methyl sites for hydroxylation is 1. The van der Waals surface area contributed by atoms with Crippen molar-refractivity contribution in [1.29, 1.82) is 0 Å². The highest BCUT2D eigenvalue weighted by atomic mass is 16.5. The van der Waals surface area contributed by atoms with E-state index in [2.05, 4.69) is 20.8 Å². The summed E-state index contributed by atoms with van der Waals surface area (Å²) in [5.41, 5.74) is 2.00. The van der Waals surface area contributed by atoms with E-state index in [0.29, 0.717) is 0 Å². The molecule has 0 saturated carbocycles.